The molecule has 4 aromatic carbocycles. The summed E-state index contributed by atoms with van der Waals surface area (Å²) in [7, 11) is 1.71. The number of carbonyl (C=O) groups is 2. The van der Waals surface area contributed by atoms with E-state index in [2.05, 4.69) is 50.6 Å². The largest absolute Gasteiger partial charge is 0.497 e. The monoisotopic (exact) mass is 842 g/mol. The minimum Gasteiger partial charge on any atom is -0.497 e. The molecule has 12 nitrogen and oxygen atoms in total. The lowest BCUT2D eigenvalue weighted by Gasteiger charge is -2.39. The minimum atomic E-state index is -1.58. The van der Waals surface area contributed by atoms with Crippen LogP contribution in [0.2, 0.25) is 0 Å². The predicted molar refractivity (Wildman–Crippen MR) is 230 cm³/mol. The molecule has 0 radical (unpaired) electrons. The summed E-state index contributed by atoms with van der Waals surface area (Å²) < 4.78 is 50.4. The van der Waals surface area contributed by atoms with E-state index < -0.39 is 38.5 Å². The molecule has 322 valence electrons. The summed E-state index contributed by atoms with van der Waals surface area (Å²) in [6.07, 6.45) is 0.746. The Hall–Kier alpha value is -5.02. The lowest BCUT2D eigenvalue weighted by atomic mass is 9.80. The Bertz CT molecular complexity index is 1850. The molecule has 4 aromatic rings. The Morgan fingerprint density at radius 2 is 1.22 bits per heavy atom. The quantitative estimate of drug-likeness (QED) is 0.0207. The predicted octanol–water partition coefficient (Wildman–Crippen LogP) is 10.0. The maximum atomic E-state index is 11.6. The second-order valence-electron chi connectivity index (χ2n) is 14.6. The summed E-state index contributed by atoms with van der Waals surface area (Å²) >= 11 is 0. The van der Waals surface area contributed by atoms with E-state index in [1.165, 1.54) is 13.8 Å². The number of esters is 2. The third-order valence-corrected chi connectivity index (χ3v) is 11.6. The van der Waals surface area contributed by atoms with Crippen LogP contribution in [0.25, 0.3) is 0 Å². The molecule has 0 N–H and O–H groups in total. The number of nitriles is 1. The normalized spacial score (nSPS) is 12.6. The van der Waals surface area contributed by atoms with Gasteiger partial charge in [-0.3, -0.25) is 9.59 Å². The van der Waals surface area contributed by atoms with Gasteiger partial charge in [0.15, 0.2) is 0 Å². The number of nitrogens with zero attached hydrogens (tertiary/aromatic N) is 2. The van der Waals surface area contributed by atoms with Crippen molar-refractivity contribution in [1.82, 2.24) is 4.67 Å². The number of hydrogen-bond donors (Lipinski definition) is 0. The summed E-state index contributed by atoms with van der Waals surface area (Å²) in [5.74, 6) is 0.939. The average Bonchev–Trinajstić information content (AvgIpc) is 3.23. The Kier molecular flexibility index (Phi) is 19.3. The SMILES string of the molecule is COc1ccc(C(OCC(CCCCOc2ccc(C(OC(C)=O)OC(C)=O)cc2)OP(OCCC#N)N(C(C)C)C(C)C)(c2ccccc2)c2ccc(OC)cc2)cc1. The van der Waals surface area contributed by atoms with Gasteiger partial charge in [-0.05, 0) is 112 Å². The second kappa shape index (κ2) is 24.3. The van der Waals surface area contributed by atoms with E-state index in [0.717, 1.165) is 34.6 Å². The number of rotatable bonds is 25. The molecule has 0 saturated heterocycles. The van der Waals surface area contributed by atoms with Crippen molar-refractivity contribution in [3.63, 3.8) is 0 Å². The number of carbonyl (C=O) groups excluding carboxylic acids is 2. The van der Waals surface area contributed by atoms with Gasteiger partial charge in [-0.1, -0.05) is 54.6 Å². The van der Waals surface area contributed by atoms with Gasteiger partial charge in [0.25, 0.3) is 14.8 Å². The molecule has 2 unspecified atom stereocenters. The van der Waals surface area contributed by atoms with E-state index >= 15 is 0 Å². The van der Waals surface area contributed by atoms with Crippen LogP contribution in [0.1, 0.15) is 95.8 Å². The van der Waals surface area contributed by atoms with Gasteiger partial charge in [0.05, 0.1) is 52.6 Å². The van der Waals surface area contributed by atoms with Crippen molar-refractivity contribution >= 4 is 20.5 Å². The topological polar surface area (TPSA) is 135 Å². The van der Waals surface area contributed by atoms with Crippen molar-refractivity contribution in [3.05, 3.63) is 125 Å². The Labute approximate surface area is 356 Å². The molecular formula is C47H59N2O10P. The number of ether oxygens (including phenoxy) is 6. The van der Waals surface area contributed by atoms with Crippen molar-refractivity contribution in [2.45, 2.75) is 97.3 Å². The fraction of sp³-hybridized carbons (Fsp3) is 0.426. The summed E-state index contributed by atoms with van der Waals surface area (Å²) in [5, 5.41) is 9.37. The number of hydrogen-bond acceptors (Lipinski definition) is 12. The zero-order valence-electron chi connectivity index (χ0n) is 36.0. The van der Waals surface area contributed by atoms with Gasteiger partial charge in [0.2, 0.25) is 0 Å². The summed E-state index contributed by atoms with van der Waals surface area (Å²) in [4.78, 5) is 23.2. The fourth-order valence-corrected chi connectivity index (χ4v) is 8.45. The van der Waals surface area contributed by atoms with E-state index in [9.17, 15) is 14.9 Å². The van der Waals surface area contributed by atoms with Crippen LogP contribution in [0.5, 0.6) is 17.2 Å². The standard InChI is InChI=1S/C47H59N2O10P/c1-34(2)49(35(3)4)60(56-32-14-30-48)59-45(17-12-13-31-54-44-24-18-38(19-25-44)46(57-36(5)50)58-37(6)51)33-55-47(39-15-10-9-11-16-39,40-20-26-42(52-7)27-21-40)41-22-28-43(53-8)29-23-41/h9-11,15-16,18-29,34-35,45-46H,12-14,17,31-33H2,1-8H3. The summed E-state index contributed by atoms with van der Waals surface area (Å²) in [6.45, 7) is 11.8. The molecule has 0 aliphatic carbocycles. The van der Waals surface area contributed by atoms with Gasteiger partial charge >= 0.3 is 11.9 Å². The highest BCUT2D eigenvalue weighted by molar-refractivity contribution is 7.44. The molecule has 0 saturated carbocycles. The van der Waals surface area contributed by atoms with Crippen LogP contribution in [0.3, 0.4) is 0 Å². The minimum absolute atomic E-state index is 0.111. The number of unbranched alkanes of at least 4 members (excludes halogenated alkanes) is 1. The van der Waals surface area contributed by atoms with E-state index in [1.807, 2.05) is 66.7 Å². The number of benzene rings is 4. The highest BCUT2D eigenvalue weighted by Crippen LogP contribution is 2.49. The van der Waals surface area contributed by atoms with Gasteiger partial charge in [0.1, 0.15) is 22.8 Å². The van der Waals surface area contributed by atoms with Crippen LogP contribution in [0, 0.1) is 11.3 Å². The van der Waals surface area contributed by atoms with Crippen LogP contribution < -0.4 is 14.2 Å². The number of methoxy groups -OCH3 is 2. The van der Waals surface area contributed by atoms with Crippen LogP contribution in [-0.2, 0) is 38.4 Å². The van der Waals surface area contributed by atoms with Gasteiger partial charge in [-0.25, -0.2) is 4.67 Å². The summed E-state index contributed by atoms with van der Waals surface area (Å²) in [6, 6.07) is 35.3. The zero-order chi connectivity index (χ0) is 43.5. The lowest BCUT2D eigenvalue weighted by molar-refractivity contribution is -0.186. The van der Waals surface area contributed by atoms with Crippen molar-refractivity contribution in [1.29, 1.82) is 5.26 Å². The second-order valence-corrected chi connectivity index (χ2v) is 16.0. The van der Waals surface area contributed by atoms with Crippen LogP contribution in [0.4, 0.5) is 0 Å². The molecule has 4 rings (SSSR count). The Morgan fingerprint density at radius 3 is 1.70 bits per heavy atom. The Balaban J connectivity index is 1.64. The molecule has 60 heavy (non-hydrogen) atoms. The first-order chi connectivity index (χ1) is 28.9. The first-order valence-electron chi connectivity index (χ1n) is 20.2. The van der Waals surface area contributed by atoms with Gasteiger partial charge in [-0.2, -0.15) is 5.26 Å². The van der Waals surface area contributed by atoms with Crippen molar-refractivity contribution in [2.75, 3.05) is 34.0 Å². The van der Waals surface area contributed by atoms with E-state index in [0.29, 0.717) is 30.8 Å². The van der Waals surface area contributed by atoms with E-state index in [4.69, 9.17) is 37.5 Å². The average molecular weight is 843 g/mol. The van der Waals surface area contributed by atoms with Gasteiger partial charge in [0, 0.05) is 31.5 Å². The molecule has 0 aliphatic heterocycles. The van der Waals surface area contributed by atoms with E-state index in [1.54, 1.807) is 38.5 Å². The molecule has 0 bridgehead atoms. The third-order valence-electron chi connectivity index (χ3n) is 9.45. The van der Waals surface area contributed by atoms with Crippen LogP contribution in [-0.4, -0.2) is 68.8 Å². The Morgan fingerprint density at radius 1 is 0.700 bits per heavy atom. The molecule has 0 fully saturated rings. The zero-order valence-corrected chi connectivity index (χ0v) is 36.9. The first-order valence-corrected chi connectivity index (χ1v) is 21.4. The molecule has 0 aromatic heterocycles. The summed E-state index contributed by atoms with van der Waals surface area (Å²) in [5.41, 5.74) is 2.20. The maximum absolute atomic E-state index is 11.6. The fourth-order valence-electron chi connectivity index (χ4n) is 6.73. The third kappa shape index (κ3) is 13.8. The molecule has 2 atom stereocenters. The van der Waals surface area contributed by atoms with Crippen molar-refractivity contribution in [2.24, 2.45) is 0 Å². The van der Waals surface area contributed by atoms with Crippen LogP contribution in [0.15, 0.2) is 103 Å². The van der Waals surface area contributed by atoms with Gasteiger partial charge in [-0.15, -0.1) is 0 Å². The highest BCUT2D eigenvalue weighted by atomic mass is 31.2. The van der Waals surface area contributed by atoms with Crippen molar-refractivity contribution < 1.29 is 47.1 Å². The smallest absolute Gasteiger partial charge is 0.305 e. The molecule has 0 heterocycles. The molecular weight excluding hydrogens is 783 g/mol. The molecule has 0 spiro atoms. The maximum Gasteiger partial charge on any atom is 0.305 e. The van der Waals surface area contributed by atoms with Gasteiger partial charge < -0.3 is 37.5 Å². The first kappa shape index (κ1) is 47.7. The van der Waals surface area contributed by atoms with E-state index in [-0.39, 0.29) is 31.7 Å². The molecule has 0 aliphatic rings. The van der Waals surface area contributed by atoms with Crippen molar-refractivity contribution in [3.8, 4) is 23.3 Å². The molecule has 0 amide bonds. The lowest BCUT2D eigenvalue weighted by Crippen LogP contribution is -2.38. The highest BCUT2D eigenvalue weighted by Gasteiger charge is 2.39. The van der Waals surface area contributed by atoms with Crippen LogP contribution >= 0.6 is 8.53 Å². The molecule has 13 heteroatoms.